The third-order valence-corrected chi connectivity index (χ3v) is 4.39. The minimum atomic E-state index is 0.787. The van der Waals surface area contributed by atoms with E-state index in [-0.39, 0.29) is 0 Å². The van der Waals surface area contributed by atoms with E-state index >= 15 is 0 Å². The molecule has 0 unspecified atom stereocenters. The van der Waals surface area contributed by atoms with Crippen molar-refractivity contribution in [1.29, 1.82) is 0 Å². The Balaban J connectivity index is 1.84. The summed E-state index contributed by atoms with van der Waals surface area (Å²) >= 11 is 5.67. The molecule has 0 saturated heterocycles. The van der Waals surface area contributed by atoms with Gasteiger partial charge in [-0.2, -0.15) is 0 Å². The van der Waals surface area contributed by atoms with Crippen LogP contribution in [0.5, 0.6) is 0 Å². The molecule has 1 aliphatic rings. The maximum atomic E-state index is 5.67. The minimum Gasteiger partial charge on any atom is -0.332 e. The van der Waals surface area contributed by atoms with Crippen LogP contribution in [-0.4, -0.2) is 11.7 Å². The van der Waals surface area contributed by atoms with Crippen LogP contribution < -0.4 is 10.2 Å². The smallest absolute Gasteiger partial charge is 0.177 e. The third kappa shape index (κ3) is 3.14. The predicted octanol–water partition coefficient (Wildman–Crippen LogP) is 4.76. The third-order valence-electron chi connectivity index (χ3n) is 4.07. The van der Waals surface area contributed by atoms with Gasteiger partial charge < -0.3 is 10.2 Å². The summed E-state index contributed by atoms with van der Waals surface area (Å²) in [5.41, 5.74) is 7.53. The Morgan fingerprint density at radius 3 is 2.45 bits per heavy atom. The Morgan fingerprint density at radius 2 is 1.73 bits per heavy atom. The monoisotopic (exact) mass is 310 g/mol. The van der Waals surface area contributed by atoms with E-state index in [1.54, 1.807) is 0 Å². The van der Waals surface area contributed by atoms with E-state index < -0.39 is 0 Å². The number of thiocarbonyl (C=S) groups is 1. The molecular formula is C19H22N2S. The van der Waals surface area contributed by atoms with Crippen LogP contribution in [-0.2, 0) is 6.42 Å². The van der Waals surface area contributed by atoms with Gasteiger partial charge in [-0.15, -0.1) is 0 Å². The maximum absolute atomic E-state index is 5.67. The topological polar surface area (TPSA) is 15.3 Å². The number of rotatable bonds is 1. The van der Waals surface area contributed by atoms with Gasteiger partial charge >= 0.3 is 0 Å². The van der Waals surface area contributed by atoms with E-state index in [1.165, 1.54) is 27.9 Å². The lowest BCUT2D eigenvalue weighted by atomic mass is 10.00. The zero-order valence-electron chi connectivity index (χ0n) is 13.4. The van der Waals surface area contributed by atoms with E-state index in [9.17, 15) is 0 Å². The van der Waals surface area contributed by atoms with Crippen LogP contribution >= 0.6 is 12.2 Å². The summed E-state index contributed by atoms with van der Waals surface area (Å²) in [7, 11) is 0. The average molecular weight is 310 g/mol. The van der Waals surface area contributed by atoms with Gasteiger partial charge in [0.05, 0.1) is 0 Å². The van der Waals surface area contributed by atoms with E-state index in [0.29, 0.717) is 0 Å². The highest BCUT2D eigenvalue weighted by molar-refractivity contribution is 7.80. The highest BCUT2D eigenvalue weighted by Gasteiger charge is 2.20. The van der Waals surface area contributed by atoms with Gasteiger partial charge in [0.2, 0.25) is 0 Å². The van der Waals surface area contributed by atoms with Crippen molar-refractivity contribution in [2.75, 3.05) is 16.8 Å². The van der Waals surface area contributed by atoms with E-state index in [2.05, 4.69) is 67.4 Å². The van der Waals surface area contributed by atoms with Gasteiger partial charge in [-0.3, -0.25) is 0 Å². The standard InChI is InChI=1S/C19H22N2S/c1-13-6-7-18-16(10-13)5-4-8-21(18)19(22)20-17-11-14(2)9-15(3)12-17/h6-7,9-12H,4-5,8H2,1-3H3,(H,20,22). The van der Waals surface area contributed by atoms with Crippen LogP contribution in [0.25, 0.3) is 0 Å². The van der Waals surface area contributed by atoms with Crippen LogP contribution in [0.2, 0.25) is 0 Å². The molecule has 3 rings (SSSR count). The molecule has 1 aliphatic heterocycles. The Labute approximate surface area is 138 Å². The molecule has 0 bridgehead atoms. The minimum absolute atomic E-state index is 0.787. The zero-order chi connectivity index (χ0) is 15.7. The molecule has 0 atom stereocenters. The molecule has 2 aromatic rings. The number of nitrogens with zero attached hydrogens (tertiary/aromatic N) is 1. The summed E-state index contributed by atoms with van der Waals surface area (Å²) in [5.74, 6) is 0. The molecule has 0 aliphatic carbocycles. The van der Waals surface area contributed by atoms with Crippen molar-refractivity contribution >= 4 is 28.7 Å². The number of nitrogens with one attached hydrogen (secondary N) is 1. The van der Waals surface area contributed by atoms with Crippen LogP contribution in [0.1, 0.15) is 28.7 Å². The van der Waals surface area contributed by atoms with Crippen molar-refractivity contribution in [1.82, 2.24) is 0 Å². The van der Waals surface area contributed by atoms with Crippen molar-refractivity contribution in [2.24, 2.45) is 0 Å². The lowest BCUT2D eigenvalue weighted by molar-refractivity contribution is 0.780. The first-order valence-electron chi connectivity index (χ1n) is 7.79. The molecule has 0 spiro atoms. The van der Waals surface area contributed by atoms with Gasteiger partial charge in [0.25, 0.3) is 0 Å². The second kappa shape index (κ2) is 6.09. The quantitative estimate of drug-likeness (QED) is 0.764. The fraction of sp³-hybridized carbons (Fsp3) is 0.316. The predicted molar refractivity (Wildman–Crippen MR) is 99.0 cm³/mol. The van der Waals surface area contributed by atoms with Crippen LogP contribution in [0.4, 0.5) is 11.4 Å². The molecule has 0 radical (unpaired) electrons. The summed E-state index contributed by atoms with van der Waals surface area (Å²) in [5, 5.41) is 4.19. The van der Waals surface area contributed by atoms with Gasteiger partial charge in [0.1, 0.15) is 0 Å². The Morgan fingerprint density at radius 1 is 1.00 bits per heavy atom. The highest BCUT2D eigenvalue weighted by Crippen LogP contribution is 2.28. The van der Waals surface area contributed by atoms with Crippen molar-refractivity contribution in [3.8, 4) is 0 Å². The number of aryl methyl sites for hydroxylation is 4. The highest BCUT2D eigenvalue weighted by atomic mass is 32.1. The zero-order valence-corrected chi connectivity index (χ0v) is 14.3. The maximum Gasteiger partial charge on any atom is 0.177 e. The fourth-order valence-electron chi connectivity index (χ4n) is 3.17. The first-order valence-corrected chi connectivity index (χ1v) is 8.20. The largest absolute Gasteiger partial charge is 0.332 e. The summed E-state index contributed by atoms with van der Waals surface area (Å²) in [4.78, 5) is 2.23. The summed E-state index contributed by atoms with van der Waals surface area (Å²) in [6, 6.07) is 13.1. The molecule has 0 aromatic heterocycles. The Kier molecular flexibility index (Phi) is 4.16. The molecule has 2 nitrogen and oxygen atoms in total. The summed E-state index contributed by atoms with van der Waals surface area (Å²) < 4.78 is 0. The number of anilines is 2. The molecule has 22 heavy (non-hydrogen) atoms. The Hall–Kier alpha value is -1.87. The van der Waals surface area contributed by atoms with Crippen LogP contribution in [0.15, 0.2) is 36.4 Å². The van der Waals surface area contributed by atoms with Gasteiger partial charge in [-0.25, -0.2) is 0 Å². The van der Waals surface area contributed by atoms with Crippen molar-refractivity contribution in [3.63, 3.8) is 0 Å². The second-order valence-corrected chi connectivity index (χ2v) is 6.58. The second-order valence-electron chi connectivity index (χ2n) is 6.19. The molecule has 114 valence electrons. The number of benzene rings is 2. The molecule has 2 aromatic carbocycles. The lowest BCUT2D eigenvalue weighted by Crippen LogP contribution is -2.38. The molecule has 0 amide bonds. The van der Waals surface area contributed by atoms with Crippen LogP contribution in [0, 0.1) is 20.8 Å². The van der Waals surface area contributed by atoms with Crippen molar-refractivity contribution in [2.45, 2.75) is 33.6 Å². The van der Waals surface area contributed by atoms with Gasteiger partial charge in [0.15, 0.2) is 5.11 Å². The molecule has 0 fully saturated rings. The van der Waals surface area contributed by atoms with E-state index in [4.69, 9.17) is 12.2 Å². The average Bonchev–Trinajstić information content (AvgIpc) is 2.45. The van der Waals surface area contributed by atoms with Crippen molar-refractivity contribution < 1.29 is 0 Å². The molecule has 3 heteroatoms. The molecule has 1 N–H and O–H groups in total. The molecule has 0 saturated carbocycles. The summed E-state index contributed by atoms with van der Waals surface area (Å²) in [6.07, 6.45) is 2.28. The van der Waals surface area contributed by atoms with Gasteiger partial charge in [0, 0.05) is 17.9 Å². The Bertz CT molecular complexity index is 701. The summed E-state index contributed by atoms with van der Waals surface area (Å²) in [6.45, 7) is 7.35. The molecule has 1 heterocycles. The van der Waals surface area contributed by atoms with E-state index in [1.807, 2.05) is 0 Å². The first kappa shape index (κ1) is 15.0. The van der Waals surface area contributed by atoms with E-state index in [0.717, 1.165) is 30.2 Å². The number of fused-ring (bicyclic) bond motifs is 1. The van der Waals surface area contributed by atoms with Gasteiger partial charge in [-0.1, -0.05) is 23.8 Å². The molecular weight excluding hydrogens is 288 g/mol. The number of hydrogen-bond acceptors (Lipinski definition) is 1. The number of hydrogen-bond donors (Lipinski definition) is 1. The first-order chi connectivity index (χ1) is 10.5. The fourth-order valence-corrected chi connectivity index (χ4v) is 3.48. The normalized spacial score (nSPS) is 13.7. The van der Waals surface area contributed by atoms with Crippen LogP contribution in [0.3, 0.4) is 0 Å². The SMILES string of the molecule is Cc1cc(C)cc(NC(=S)N2CCCc3cc(C)ccc32)c1. The van der Waals surface area contributed by atoms with Gasteiger partial charge in [-0.05, 0) is 80.7 Å². The lowest BCUT2D eigenvalue weighted by Gasteiger charge is -2.32. The van der Waals surface area contributed by atoms with Crippen molar-refractivity contribution in [3.05, 3.63) is 58.7 Å².